The van der Waals surface area contributed by atoms with Crippen LogP contribution in [0.1, 0.15) is 22.6 Å². The van der Waals surface area contributed by atoms with Gasteiger partial charge in [0, 0.05) is 19.3 Å². The topological polar surface area (TPSA) is 97.5 Å². The Morgan fingerprint density at radius 1 is 1.23 bits per heavy atom. The number of rotatable bonds is 4. The third kappa shape index (κ3) is 3.03. The first kappa shape index (κ1) is 16.2. The maximum Gasteiger partial charge on any atom is 0.277 e. The molecule has 0 spiro atoms. The van der Waals surface area contributed by atoms with E-state index < -0.39 is 0 Å². The molecule has 1 N–H and O–H groups in total. The number of fused-ring (bicyclic) bond motifs is 1. The molecule has 0 atom stereocenters. The molecule has 0 aliphatic carbocycles. The summed E-state index contributed by atoms with van der Waals surface area (Å²) in [6.07, 6.45) is 9.82. The van der Waals surface area contributed by atoms with Crippen molar-refractivity contribution in [1.82, 2.24) is 24.3 Å². The molecule has 9 nitrogen and oxygen atoms in total. The second-order valence-corrected chi connectivity index (χ2v) is 5.99. The van der Waals surface area contributed by atoms with E-state index in [-0.39, 0.29) is 11.6 Å². The Morgan fingerprint density at radius 2 is 2.12 bits per heavy atom. The summed E-state index contributed by atoms with van der Waals surface area (Å²) in [6, 6.07) is 0. The zero-order chi connectivity index (χ0) is 18.1. The number of carbonyl (C=O) groups excluding carboxylic acids is 1. The molecule has 1 fully saturated rings. The number of hydrogen-bond acceptors (Lipinski definition) is 7. The summed E-state index contributed by atoms with van der Waals surface area (Å²) in [5, 5.41) is 2.72. The van der Waals surface area contributed by atoms with Gasteiger partial charge in [-0.2, -0.15) is 4.98 Å². The third-order valence-corrected chi connectivity index (χ3v) is 4.11. The van der Waals surface area contributed by atoms with Gasteiger partial charge in [-0.25, -0.2) is 15.0 Å². The minimum absolute atomic E-state index is 0.222. The SMILES string of the molecule is COc1nc(NC(=O)c2cnc(N3C[CH]CC3)cn2)cn2cc(C)nc12. The number of ether oxygens (including phenoxy) is 1. The van der Waals surface area contributed by atoms with Crippen LogP contribution in [0.15, 0.2) is 24.8 Å². The Balaban J connectivity index is 1.54. The predicted octanol–water partition coefficient (Wildman–Crippen LogP) is 1.50. The summed E-state index contributed by atoms with van der Waals surface area (Å²) in [5.74, 6) is 1.06. The number of nitrogens with zero attached hydrogens (tertiary/aromatic N) is 6. The Kier molecular flexibility index (Phi) is 4.11. The minimum Gasteiger partial charge on any atom is -0.478 e. The van der Waals surface area contributed by atoms with Gasteiger partial charge in [-0.15, -0.1) is 0 Å². The van der Waals surface area contributed by atoms with Crippen molar-refractivity contribution in [1.29, 1.82) is 0 Å². The van der Waals surface area contributed by atoms with Crippen LogP contribution in [-0.2, 0) is 0 Å². The van der Waals surface area contributed by atoms with Gasteiger partial charge in [0.05, 0.1) is 31.4 Å². The van der Waals surface area contributed by atoms with Crippen molar-refractivity contribution in [3.63, 3.8) is 0 Å². The lowest BCUT2D eigenvalue weighted by molar-refractivity contribution is 0.102. The first-order valence-corrected chi connectivity index (χ1v) is 8.24. The number of amides is 1. The molecule has 3 aromatic heterocycles. The molecule has 1 amide bonds. The van der Waals surface area contributed by atoms with E-state index in [1.165, 1.54) is 13.3 Å². The van der Waals surface area contributed by atoms with E-state index in [9.17, 15) is 4.79 Å². The molecule has 9 heteroatoms. The molecular weight excluding hydrogens is 334 g/mol. The summed E-state index contributed by atoms with van der Waals surface area (Å²) in [6.45, 7) is 3.66. The summed E-state index contributed by atoms with van der Waals surface area (Å²) < 4.78 is 7.02. The van der Waals surface area contributed by atoms with Gasteiger partial charge in [0.25, 0.3) is 11.8 Å². The van der Waals surface area contributed by atoms with Gasteiger partial charge in [0.15, 0.2) is 5.82 Å². The van der Waals surface area contributed by atoms with Gasteiger partial charge in [-0.1, -0.05) is 0 Å². The standard InChI is InChI=1S/C17H18N7O2/c1-11-9-24-10-13(22-17(26-2)15(24)20-11)21-16(25)12-7-19-14(8-18-12)23-5-3-4-6-23/h3,7-10H,4-6H2,1-2H3,(H,21,25). The smallest absolute Gasteiger partial charge is 0.277 e. The zero-order valence-corrected chi connectivity index (χ0v) is 14.5. The predicted molar refractivity (Wildman–Crippen MR) is 95.4 cm³/mol. The highest BCUT2D eigenvalue weighted by Crippen LogP contribution is 2.20. The average Bonchev–Trinajstić information content (AvgIpc) is 3.30. The fourth-order valence-corrected chi connectivity index (χ4v) is 2.87. The second-order valence-electron chi connectivity index (χ2n) is 5.99. The number of nitrogens with one attached hydrogen (secondary N) is 1. The summed E-state index contributed by atoms with van der Waals surface area (Å²) in [7, 11) is 1.51. The molecule has 1 radical (unpaired) electrons. The molecule has 1 aliphatic rings. The van der Waals surface area contributed by atoms with Crippen molar-refractivity contribution in [3.05, 3.63) is 42.6 Å². The quantitative estimate of drug-likeness (QED) is 0.760. The molecule has 26 heavy (non-hydrogen) atoms. The van der Waals surface area contributed by atoms with Crippen molar-refractivity contribution in [2.45, 2.75) is 13.3 Å². The number of anilines is 2. The van der Waals surface area contributed by atoms with Crippen molar-refractivity contribution in [2.75, 3.05) is 30.4 Å². The molecule has 1 saturated heterocycles. The monoisotopic (exact) mass is 352 g/mol. The first-order valence-electron chi connectivity index (χ1n) is 8.24. The Bertz CT molecular complexity index is 946. The molecular formula is C17H18N7O2. The number of aryl methyl sites for hydroxylation is 1. The lowest BCUT2D eigenvalue weighted by Gasteiger charge is -2.15. The summed E-state index contributed by atoms with van der Waals surface area (Å²) >= 11 is 0. The molecule has 0 aromatic carbocycles. The molecule has 3 aromatic rings. The third-order valence-electron chi connectivity index (χ3n) is 4.11. The van der Waals surface area contributed by atoms with Crippen LogP contribution in [0.2, 0.25) is 0 Å². The van der Waals surface area contributed by atoms with Gasteiger partial charge >= 0.3 is 0 Å². The molecule has 133 valence electrons. The lowest BCUT2D eigenvalue weighted by atomic mass is 10.4. The van der Waals surface area contributed by atoms with Crippen LogP contribution < -0.4 is 15.0 Å². The number of carbonyl (C=O) groups is 1. The fraction of sp³-hybridized carbons (Fsp3) is 0.294. The van der Waals surface area contributed by atoms with E-state index >= 15 is 0 Å². The van der Waals surface area contributed by atoms with Gasteiger partial charge < -0.3 is 15.0 Å². The van der Waals surface area contributed by atoms with E-state index in [0.29, 0.717) is 17.3 Å². The van der Waals surface area contributed by atoms with Crippen LogP contribution in [0, 0.1) is 13.3 Å². The number of methoxy groups -OCH3 is 1. The van der Waals surface area contributed by atoms with Crippen molar-refractivity contribution < 1.29 is 9.53 Å². The van der Waals surface area contributed by atoms with E-state index in [4.69, 9.17) is 4.74 Å². The van der Waals surface area contributed by atoms with Crippen LogP contribution in [0.25, 0.3) is 5.65 Å². The Morgan fingerprint density at radius 3 is 2.81 bits per heavy atom. The molecule has 0 saturated carbocycles. The zero-order valence-electron chi connectivity index (χ0n) is 14.5. The van der Waals surface area contributed by atoms with Crippen LogP contribution in [-0.4, -0.2) is 50.4 Å². The average molecular weight is 352 g/mol. The highest BCUT2D eigenvalue weighted by Gasteiger charge is 2.16. The maximum absolute atomic E-state index is 12.4. The van der Waals surface area contributed by atoms with Crippen LogP contribution in [0.4, 0.5) is 11.6 Å². The summed E-state index contributed by atoms with van der Waals surface area (Å²) in [4.78, 5) is 31.7. The van der Waals surface area contributed by atoms with E-state index in [1.54, 1.807) is 16.8 Å². The maximum atomic E-state index is 12.4. The minimum atomic E-state index is -0.386. The normalized spacial score (nSPS) is 14.0. The van der Waals surface area contributed by atoms with Gasteiger partial charge in [0.2, 0.25) is 5.65 Å². The van der Waals surface area contributed by atoms with E-state index in [0.717, 1.165) is 31.0 Å². The van der Waals surface area contributed by atoms with Gasteiger partial charge in [0.1, 0.15) is 11.5 Å². The van der Waals surface area contributed by atoms with Gasteiger partial charge in [-0.05, 0) is 19.8 Å². The Hall–Kier alpha value is -3.23. The number of hydrogen-bond donors (Lipinski definition) is 1. The highest BCUT2D eigenvalue weighted by atomic mass is 16.5. The van der Waals surface area contributed by atoms with Crippen LogP contribution in [0.3, 0.4) is 0 Å². The number of aromatic nitrogens is 5. The van der Waals surface area contributed by atoms with Crippen molar-refractivity contribution in [2.24, 2.45) is 0 Å². The molecule has 1 aliphatic heterocycles. The largest absolute Gasteiger partial charge is 0.478 e. The number of imidazole rings is 1. The van der Waals surface area contributed by atoms with Crippen LogP contribution in [0.5, 0.6) is 5.88 Å². The van der Waals surface area contributed by atoms with Crippen molar-refractivity contribution in [3.8, 4) is 5.88 Å². The molecule has 0 bridgehead atoms. The lowest BCUT2D eigenvalue weighted by Crippen LogP contribution is -2.21. The van der Waals surface area contributed by atoms with Crippen molar-refractivity contribution >= 4 is 23.2 Å². The van der Waals surface area contributed by atoms with Gasteiger partial charge in [-0.3, -0.25) is 9.20 Å². The molecule has 4 heterocycles. The second kappa shape index (κ2) is 6.58. The first-order chi connectivity index (χ1) is 12.6. The molecule has 0 unspecified atom stereocenters. The highest BCUT2D eigenvalue weighted by molar-refractivity contribution is 6.02. The Labute approximate surface area is 150 Å². The fourth-order valence-electron chi connectivity index (χ4n) is 2.87. The molecule has 4 rings (SSSR count). The van der Waals surface area contributed by atoms with Crippen LogP contribution >= 0.6 is 0 Å². The van der Waals surface area contributed by atoms with E-state index in [1.807, 2.05) is 13.1 Å². The summed E-state index contributed by atoms with van der Waals surface area (Å²) in [5.41, 5.74) is 1.64. The van der Waals surface area contributed by atoms with E-state index in [2.05, 4.69) is 36.6 Å².